The topological polar surface area (TPSA) is 81.4 Å². The van der Waals surface area contributed by atoms with Crippen LogP contribution in [0, 0.1) is 6.92 Å². The minimum absolute atomic E-state index is 0.197. The summed E-state index contributed by atoms with van der Waals surface area (Å²) < 4.78 is 4.94. The van der Waals surface area contributed by atoms with Crippen LogP contribution >= 0.6 is 11.3 Å². The van der Waals surface area contributed by atoms with Crippen LogP contribution in [0.25, 0.3) is 0 Å². The minimum Gasteiger partial charge on any atom is -0.462 e. The van der Waals surface area contributed by atoms with Gasteiger partial charge in [0.05, 0.1) is 12.2 Å². The van der Waals surface area contributed by atoms with Crippen molar-refractivity contribution in [2.75, 3.05) is 11.9 Å². The van der Waals surface area contributed by atoms with Crippen molar-refractivity contribution >= 4 is 28.2 Å². The summed E-state index contributed by atoms with van der Waals surface area (Å²) in [6.07, 6.45) is 0.221. The zero-order valence-corrected chi connectivity index (χ0v) is 11.6. The lowest BCUT2D eigenvalue weighted by molar-refractivity contribution is -0.116. The molecule has 1 aromatic rings. The number of ether oxygens (including phenoxy) is 1. The van der Waals surface area contributed by atoms with Crippen LogP contribution in [-0.2, 0) is 9.53 Å². The second kappa shape index (κ2) is 6.51. The van der Waals surface area contributed by atoms with E-state index in [0.29, 0.717) is 17.2 Å². The second-order valence-electron chi connectivity index (χ2n) is 4.05. The SMILES string of the molecule is CCOC(=O)c1cc(C)sc1NC(=O)CC(C)N. The van der Waals surface area contributed by atoms with Gasteiger partial charge in [-0.2, -0.15) is 0 Å². The van der Waals surface area contributed by atoms with Gasteiger partial charge in [-0.15, -0.1) is 11.3 Å². The van der Waals surface area contributed by atoms with Crippen molar-refractivity contribution in [1.82, 2.24) is 0 Å². The van der Waals surface area contributed by atoms with Crippen LogP contribution in [0.1, 0.15) is 35.5 Å². The number of rotatable bonds is 5. The molecule has 0 aliphatic rings. The van der Waals surface area contributed by atoms with Gasteiger partial charge in [0.25, 0.3) is 0 Å². The molecule has 3 N–H and O–H groups in total. The molecule has 0 spiro atoms. The maximum absolute atomic E-state index is 11.7. The molecule has 1 atom stereocenters. The number of amides is 1. The number of aryl methyl sites for hydroxylation is 1. The summed E-state index contributed by atoms with van der Waals surface area (Å²) in [5.74, 6) is -0.615. The van der Waals surface area contributed by atoms with E-state index in [0.717, 1.165) is 4.88 Å². The van der Waals surface area contributed by atoms with Gasteiger partial charge < -0.3 is 15.8 Å². The van der Waals surface area contributed by atoms with Crippen LogP contribution in [0.15, 0.2) is 6.07 Å². The largest absolute Gasteiger partial charge is 0.462 e. The highest BCUT2D eigenvalue weighted by Crippen LogP contribution is 2.28. The summed E-state index contributed by atoms with van der Waals surface area (Å²) in [6, 6.07) is 1.50. The molecule has 1 rings (SSSR count). The predicted octanol–water partition coefficient (Wildman–Crippen LogP) is 1.91. The highest BCUT2D eigenvalue weighted by Gasteiger charge is 2.18. The number of anilines is 1. The third kappa shape index (κ3) is 4.12. The van der Waals surface area contributed by atoms with E-state index >= 15 is 0 Å². The number of carbonyl (C=O) groups excluding carboxylic acids is 2. The summed E-state index contributed by atoms with van der Waals surface area (Å²) in [6.45, 7) is 5.67. The van der Waals surface area contributed by atoms with Gasteiger partial charge in [-0.1, -0.05) is 0 Å². The Morgan fingerprint density at radius 2 is 2.22 bits per heavy atom. The van der Waals surface area contributed by atoms with Crippen molar-refractivity contribution in [3.05, 3.63) is 16.5 Å². The molecule has 0 bridgehead atoms. The van der Waals surface area contributed by atoms with E-state index in [2.05, 4.69) is 5.32 Å². The molecular formula is C12H18N2O3S. The van der Waals surface area contributed by atoms with Gasteiger partial charge in [-0.25, -0.2) is 4.79 Å². The van der Waals surface area contributed by atoms with Crippen molar-refractivity contribution in [3.63, 3.8) is 0 Å². The molecule has 18 heavy (non-hydrogen) atoms. The van der Waals surface area contributed by atoms with Crippen molar-refractivity contribution in [2.45, 2.75) is 33.2 Å². The molecule has 0 saturated carbocycles. The first kappa shape index (κ1) is 14.7. The predicted molar refractivity (Wildman–Crippen MR) is 71.9 cm³/mol. The van der Waals surface area contributed by atoms with E-state index < -0.39 is 5.97 Å². The smallest absolute Gasteiger partial charge is 0.341 e. The average Bonchev–Trinajstić information content (AvgIpc) is 2.58. The number of nitrogens with two attached hydrogens (primary N) is 1. The molecule has 1 unspecified atom stereocenters. The third-order valence-electron chi connectivity index (χ3n) is 2.11. The lowest BCUT2D eigenvalue weighted by atomic mass is 10.2. The Labute approximate surface area is 110 Å². The molecule has 0 fully saturated rings. The zero-order valence-electron chi connectivity index (χ0n) is 10.8. The van der Waals surface area contributed by atoms with E-state index in [4.69, 9.17) is 10.5 Å². The molecule has 5 nitrogen and oxygen atoms in total. The Morgan fingerprint density at radius 1 is 1.56 bits per heavy atom. The van der Waals surface area contributed by atoms with Gasteiger partial charge in [-0.3, -0.25) is 4.79 Å². The molecular weight excluding hydrogens is 252 g/mol. The first-order chi connectivity index (χ1) is 8.43. The molecule has 6 heteroatoms. The van der Waals surface area contributed by atoms with E-state index in [1.807, 2.05) is 6.92 Å². The van der Waals surface area contributed by atoms with Crippen molar-refractivity contribution in [2.24, 2.45) is 5.73 Å². The summed E-state index contributed by atoms with van der Waals surface area (Å²) in [5, 5.41) is 3.23. The molecule has 0 aliphatic carbocycles. The van der Waals surface area contributed by atoms with Gasteiger partial charge >= 0.3 is 5.97 Å². The Morgan fingerprint density at radius 3 is 2.78 bits per heavy atom. The summed E-state index contributed by atoms with van der Waals surface area (Å²) >= 11 is 1.35. The van der Waals surface area contributed by atoms with Crippen molar-refractivity contribution in [3.8, 4) is 0 Å². The van der Waals surface area contributed by atoms with Gasteiger partial charge in [0, 0.05) is 17.3 Å². The number of hydrogen-bond acceptors (Lipinski definition) is 5. The van der Waals surface area contributed by atoms with E-state index in [-0.39, 0.29) is 18.4 Å². The van der Waals surface area contributed by atoms with Crippen LogP contribution in [0.4, 0.5) is 5.00 Å². The molecule has 0 saturated heterocycles. The normalized spacial score (nSPS) is 12.0. The first-order valence-corrected chi connectivity index (χ1v) is 6.58. The van der Waals surface area contributed by atoms with E-state index in [1.165, 1.54) is 11.3 Å². The first-order valence-electron chi connectivity index (χ1n) is 5.77. The highest BCUT2D eigenvalue weighted by molar-refractivity contribution is 7.16. The van der Waals surface area contributed by atoms with Crippen LogP contribution in [0.3, 0.4) is 0 Å². The lowest BCUT2D eigenvalue weighted by Gasteiger charge is -2.07. The van der Waals surface area contributed by atoms with Gasteiger partial charge in [-0.05, 0) is 26.8 Å². The summed E-state index contributed by atoms with van der Waals surface area (Å²) in [5.41, 5.74) is 5.95. The van der Waals surface area contributed by atoms with Crippen molar-refractivity contribution < 1.29 is 14.3 Å². The Balaban J connectivity index is 2.82. The van der Waals surface area contributed by atoms with Crippen LogP contribution in [0.5, 0.6) is 0 Å². The molecule has 1 amide bonds. The molecule has 0 radical (unpaired) electrons. The summed E-state index contributed by atoms with van der Waals surface area (Å²) in [7, 11) is 0. The molecule has 1 aromatic heterocycles. The van der Waals surface area contributed by atoms with Gasteiger partial charge in [0.2, 0.25) is 5.91 Å². The number of hydrogen-bond donors (Lipinski definition) is 2. The monoisotopic (exact) mass is 270 g/mol. The van der Waals surface area contributed by atoms with Crippen LogP contribution < -0.4 is 11.1 Å². The van der Waals surface area contributed by atoms with Gasteiger partial charge in [0.1, 0.15) is 5.00 Å². The van der Waals surface area contributed by atoms with Crippen LogP contribution in [-0.4, -0.2) is 24.5 Å². The molecule has 100 valence electrons. The number of thiophene rings is 1. The fraction of sp³-hybridized carbons (Fsp3) is 0.500. The molecule has 0 aromatic carbocycles. The third-order valence-corrected chi connectivity index (χ3v) is 3.08. The fourth-order valence-electron chi connectivity index (χ4n) is 1.44. The number of esters is 1. The molecule has 1 heterocycles. The maximum atomic E-state index is 11.7. The number of carbonyl (C=O) groups is 2. The number of nitrogens with one attached hydrogen (secondary N) is 1. The maximum Gasteiger partial charge on any atom is 0.341 e. The Hall–Kier alpha value is -1.40. The van der Waals surface area contributed by atoms with E-state index in [1.54, 1.807) is 19.9 Å². The Bertz CT molecular complexity index is 441. The standard InChI is InChI=1S/C12H18N2O3S/c1-4-17-12(16)9-6-8(3)18-11(9)14-10(15)5-7(2)13/h6-7H,4-5,13H2,1-3H3,(H,14,15). The fourth-order valence-corrected chi connectivity index (χ4v) is 2.35. The van der Waals surface area contributed by atoms with E-state index in [9.17, 15) is 9.59 Å². The summed E-state index contributed by atoms with van der Waals surface area (Å²) in [4.78, 5) is 24.3. The minimum atomic E-state index is -0.419. The lowest BCUT2D eigenvalue weighted by Crippen LogP contribution is -2.24. The van der Waals surface area contributed by atoms with Crippen LogP contribution in [0.2, 0.25) is 0 Å². The van der Waals surface area contributed by atoms with Gasteiger partial charge in [0.15, 0.2) is 0 Å². The average molecular weight is 270 g/mol. The van der Waals surface area contributed by atoms with Crippen molar-refractivity contribution in [1.29, 1.82) is 0 Å². The zero-order chi connectivity index (χ0) is 13.7. The Kier molecular flexibility index (Phi) is 5.30. The molecule has 0 aliphatic heterocycles. The second-order valence-corrected chi connectivity index (χ2v) is 5.31. The highest BCUT2D eigenvalue weighted by atomic mass is 32.1. The quantitative estimate of drug-likeness (QED) is 0.801.